The summed E-state index contributed by atoms with van der Waals surface area (Å²) in [5, 5.41) is 13.2. The monoisotopic (exact) mass is 370 g/mol. The van der Waals surface area contributed by atoms with Gasteiger partial charge in [0.05, 0.1) is 5.56 Å². The summed E-state index contributed by atoms with van der Waals surface area (Å²) in [6.07, 6.45) is 1.88. The maximum atomic E-state index is 13.5. The molecule has 0 saturated carbocycles. The molecule has 0 unspecified atom stereocenters. The van der Waals surface area contributed by atoms with E-state index in [9.17, 15) is 9.60 Å². The van der Waals surface area contributed by atoms with Gasteiger partial charge in [-0.25, -0.2) is 9.37 Å². The summed E-state index contributed by atoms with van der Waals surface area (Å²) in [7, 11) is 0. The Morgan fingerprint density at radius 3 is 2.74 bits per heavy atom. The lowest BCUT2D eigenvalue weighted by atomic mass is 10.2. The first-order valence-corrected chi connectivity index (χ1v) is 8.82. The number of halogens is 1. The first-order chi connectivity index (χ1) is 13.1. The van der Waals surface area contributed by atoms with Gasteiger partial charge in [-0.05, 0) is 31.2 Å². The Hall–Kier alpha value is -2.93. The fraction of sp³-hybridized carbons (Fsp3) is 0.300. The molecule has 7 heteroatoms. The van der Waals surface area contributed by atoms with Crippen molar-refractivity contribution in [2.45, 2.75) is 6.92 Å². The smallest absolute Gasteiger partial charge is 0.230 e. The zero-order valence-corrected chi connectivity index (χ0v) is 15.3. The summed E-state index contributed by atoms with van der Waals surface area (Å²) in [4.78, 5) is 8.68. The van der Waals surface area contributed by atoms with Crippen LogP contribution in [0.15, 0.2) is 54.2 Å². The van der Waals surface area contributed by atoms with Crippen LogP contribution in [0.3, 0.4) is 0 Å². The highest BCUT2D eigenvalue weighted by Crippen LogP contribution is 2.26. The SMILES string of the molecule is C=CCN1CCN(/C(=N\O)c2ccc(C)nc2Oc2cccc(F)c2)CC1. The maximum absolute atomic E-state index is 13.5. The minimum absolute atomic E-state index is 0.280. The van der Waals surface area contributed by atoms with E-state index in [1.165, 1.54) is 12.1 Å². The summed E-state index contributed by atoms with van der Waals surface area (Å²) in [5.74, 6) is 0.618. The number of aromatic nitrogens is 1. The van der Waals surface area contributed by atoms with Crippen LogP contribution in [0.2, 0.25) is 0 Å². The van der Waals surface area contributed by atoms with Crippen molar-refractivity contribution in [1.29, 1.82) is 0 Å². The van der Waals surface area contributed by atoms with E-state index in [-0.39, 0.29) is 5.88 Å². The Balaban J connectivity index is 1.85. The number of oxime groups is 1. The Bertz CT molecular complexity index is 832. The third kappa shape index (κ3) is 4.62. The Morgan fingerprint density at radius 2 is 2.07 bits per heavy atom. The lowest BCUT2D eigenvalue weighted by Crippen LogP contribution is -2.49. The van der Waals surface area contributed by atoms with Gasteiger partial charge in [0, 0.05) is 44.5 Å². The molecule has 1 fully saturated rings. The Kier molecular flexibility index (Phi) is 6.03. The average Bonchev–Trinajstić information content (AvgIpc) is 2.65. The molecule has 2 aromatic rings. The van der Waals surface area contributed by atoms with Crippen LogP contribution >= 0.6 is 0 Å². The largest absolute Gasteiger partial charge is 0.438 e. The van der Waals surface area contributed by atoms with Gasteiger partial charge >= 0.3 is 0 Å². The van der Waals surface area contributed by atoms with Crippen molar-refractivity contribution in [1.82, 2.24) is 14.8 Å². The van der Waals surface area contributed by atoms with Crippen molar-refractivity contribution >= 4 is 5.84 Å². The summed E-state index contributed by atoms with van der Waals surface area (Å²) in [6, 6.07) is 9.49. The number of aryl methyl sites for hydroxylation is 1. The highest BCUT2D eigenvalue weighted by Gasteiger charge is 2.24. The molecular weight excluding hydrogens is 347 g/mol. The van der Waals surface area contributed by atoms with E-state index >= 15 is 0 Å². The predicted octanol–water partition coefficient (Wildman–Crippen LogP) is 3.26. The van der Waals surface area contributed by atoms with Crippen LogP contribution in [0.25, 0.3) is 0 Å². The molecule has 0 spiro atoms. The molecule has 27 heavy (non-hydrogen) atoms. The van der Waals surface area contributed by atoms with E-state index in [2.05, 4.69) is 21.6 Å². The minimum Gasteiger partial charge on any atom is -0.438 e. The highest BCUT2D eigenvalue weighted by atomic mass is 19.1. The molecular formula is C20H23FN4O2. The topological polar surface area (TPSA) is 61.2 Å². The standard InChI is InChI=1S/C20H23FN4O2/c1-3-9-24-10-12-25(13-11-24)19(23-26)18-8-7-15(2)22-20(18)27-17-6-4-5-16(21)14-17/h3-8,14,26H,1,9-13H2,2H3/b23-19-. The fourth-order valence-corrected chi connectivity index (χ4v) is 3.04. The van der Waals surface area contributed by atoms with E-state index in [0.29, 0.717) is 30.2 Å². The summed E-state index contributed by atoms with van der Waals surface area (Å²) in [5.41, 5.74) is 1.31. The van der Waals surface area contributed by atoms with Gasteiger partial charge in [-0.1, -0.05) is 17.3 Å². The number of ether oxygens (including phenoxy) is 1. The van der Waals surface area contributed by atoms with Crippen LogP contribution < -0.4 is 4.74 Å². The van der Waals surface area contributed by atoms with Crippen molar-refractivity contribution in [3.05, 3.63) is 66.1 Å². The van der Waals surface area contributed by atoms with Crippen LogP contribution in [0.5, 0.6) is 11.6 Å². The second-order valence-electron chi connectivity index (χ2n) is 6.36. The van der Waals surface area contributed by atoms with Crippen LogP contribution in [0, 0.1) is 12.7 Å². The quantitative estimate of drug-likeness (QED) is 0.288. The average molecular weight is 370 g/mol. The molecule has 0 radical (unpaired) electrons. The fourth-order valence-electron chi connectivity index (χ4n) is 3.04. The second-order valence-corrected chi connectivity index (χ2v) is 6.36. The van der Waals surface area contributed by atoms with Gasteiger partial charge in [0.1, 0.15) is 11.6 Å². The van der Waals surface area contributed by atoms with E-state index in [4.69, 9.17) is 4.74 Å². The van der Waals surface area contributed by atoms with Crippen molar-refractivity contribution < 1.29 is 14.3 Å². The van der Waals surface area contributed by atoms with Crippen LogP contribution in [0.4, 0.5) is 4.39 Å². The number of hydrogen-bond donors (Lipinski definition) is 1. The molecule has 1 aliphatic heterocycles. The second kappa shape index (κ2) is 8.64. The molecule has 3 rings (SSSR count). The molecule has 0 aliphatic carbocycles. The highest BCUT2D eigenvalue weighted by molar-refractivity contribution is 6.00. The zero-order valence-electron chi connectivity index (χ0n) is 15.3. The lowest BCUT2D eigenvalue weighted by molar-refractivity contribution is 0.192. The number of pyridine rings is 1. The molecule has 1 aromatic carbocycles. The third-order valence-corrected chi connectivity index (χ3v) is 4.40. The van der Waals surface area contributed by atoms with Crippen LogP contribution in [-0.2, 0) is 0 Å². The lowest BCUT2D eigenvalue weighted by Gasteiger charge is -2.35. The maximum Gasteiger partial charge on any atom is 0.230 e. The molecule has 1 aliphatic rings. The van der Waals surface area contributed by atoms with Gasteiger partial charge in [-0.2, -0.15) is 0 Å². The summed E-state index contributed by atoms with van der Waals surface area (Å²) < 4.78 is 19.3. The predicted molar refractivity (Wildman–Crippen MR) is 102 cm³/mol. The van der Waals surface area contributed by atoms with Crippen LogP contribution in [0.1, 0.15) is 11.3 Å². The van der Waals surface area contributed by atoms with E-state index in [0.717, 1.165) is 25.3 Å². The molecule has 1 aromatic heterocycles. The third-order valence-electron chi connectivity index (χ3n) is 4.40. The van der Waals surface area contributed by atoms with Gasteiger partial charge in [-0.15, -0.1) is 6.58 Å². The molecule has 0 atom stereocenters. The molecule has 142 valence electrons. The van der Waals surface area contributed by atoms with E-state index < -0.39 is 5.82 Å². The number of benzene rings is 1. The molecule has 6 nitrogen and oxygen atoms in total. The minimum atomic E-state index is -0.393. The van der Waals surface area contributed by atoms with E-state index in [1.807, 2.05) is 30.0 Å². The number of piperazine rings is 1. The van der Waals surface area contributed by atoms with Gasteiger partial charge < -0.3 is 14.8 Å². The van der Waals surface area contributed by atoms with Gasteiger partial charge in [-0.3, -0.25) is 4.90 Å². The molecule has 0 amide bonds. The number of rotatable bonds is 5. The molecule has 1 saturated heterocycles. The van der Waals surface area contributed by atoms with Crippen molar-refractivity contribution in [3.8, 4) is 11.6 Å². The first-order valence-electron chi connectivity index (χ1n) is 8.82. The molecule has 2 heterocycles. The van der Waals surface area contributed by atoms with Crippen molar-refractivity contribution in [3.63, 3.8) is 0 Å². The van der Waals surface area contributed by atoms with Crippen molar-refractivity contribution in [2.24, 2.45) is 5.16 Å². The number of nitrogens with zero attached hydrogens (tertiary/aromatic N) is 4. The Labute approximate surface area is 158 Å². The Morgan fingerprint density at radius 1 is 1.30 bits per heavy atom. The number of hydrogen-bond acceptors (Lipinski definition) is 5. The first kappa shape index (κ1) is 18.8. The van der Waals surface area contributed by atoms with Crippen LogP contribution in [-0.4, -0.2) is 58.6 Å². The van der Waals surface area contributed by atoms with Crippen molar-refractivity contribution in [2.75, 3.05) is 32.7 Å². The van der Waals surface area contributed by atoms with Gasteiger partial charge in [0.2, 0.25) is 5.88 Å². The number of amidine groups is 1. The van der Waals surface area contributed by atoms with E-state index in [1.54, 1.807) is 12.1 Å². The summed E-state index contributed by atoms with van der Waals surface area (Å²) in [6.45, 7) is 9.53. The molecule has 0 bridgehead atoms. The normalized spacial score (nSPS) is 15.6. The van der Waals surface area contributed by atoms with Gasteiger partial charge in [0.25, 0.3) is 0 Å². The summed E-state index contributed by atoms with van der Waals surface area (Å²) >= 11 is 0. The molecule has 1 N–H and O–H groups in total. The zero-order chi connectivity index (χ0) is 19.2. The van der Waals surface area contributed by atoms with Gasteiger partial charge in [0.15, 0.2) is 5.84 Å².